The molecule has 3 N–H and O–H groups in total. The lowest BCUT2D eigenvalue weighted by atomic mass is 10.2. The van der Waals surface area contributed by atoms with Gasteiger partial charge in [0.25, 0.3) is 0 Å². The molecule has 0 aliphatic carbocycles. The highest BCUT2D eigenvalue weighted by Crippen LogP contribution is 2.23. The normalized spacial score (nSPS) is 12.1. The van der Waals surface area contributed by atoms with Crippen molar-refractivity contribution in [3.05, 3.63) is 60.0 Å². The molecule has 0 unspecified atom stereocenters. The lowest BCUT2D eigenvalue weighted by molar-refractivity contribution is -0.135. The number of hydrogen-bond acceptors (Lipinski definition) is 5. The Kier molecular flexibility index (Phi) is 4.13. The first-order chi connectivity index (χ1) is 10.3. The third-order valence-electron chi connectivity index (χ3n) is 2.78. The maximum atomic E-state index is 12.5. The third kappa shape index (κ3) is 2.91. The number of aliphatic hydroxyl groups excluding tert-OH is 1. The number of aliphatic hydroxyl groups is 1. The zero-order valence-electron chi connectivity index (χ0n) is 11.1. The minimum Gasteiger partial charge on any atom is -0.502 e. The van der Waals surface area contributed by atoms with Gasteiger partial charge in [-0.25, -0.2) is 13.2 Å². The number of hydrogen-bond donors (Lipinski definition) is 3. The zero-order chi connectivity index (χ0) is 16.3. The first-order valence-electron chi connectivity index (χ1n) is 6.00. The van der Waals surface area contributed by atoms with Crippen LogP contribution in [-0.4, -0.2) is 35.4 Å². The minimum absolute atomic E-state index is 0.0158. The molecule has 0 spiro atoms. The lowest BCUT2D eigenvalue weighted by Gasteiger charge is -2.04. The van der Waals surface area contributed by atoms with E-state index in [4.69, 9.17) is 10.2 Å². The van der Waals surface area contributed by atoms with Gasteiger partial charge in [-0.15, -0.1) is 0 Å². The molecule has 8 heteroatoms. The number of aromatic amines is 1. The average molecular weight is 321 g/mol. The molecule has 0 atom stereocenters. The molecule has 1 heterocycles. The number of allylic oxidation sites excluding steroid dienone is 1. The van der Waals surface area contributed by atoms with Crippen LogP contribution in [0, 0.1) is 0 Å². The molecule has 0 amide bonds. The highest BCUT2D eigenvalue weighted by atomic mass is 32.2. The average Bonchev–Trinajstić information content (AvgIpc) is 2.98. The topological polar surface area (TPSA) is 125 Å². The van der Waals surface area contributed by atoms with Crippen LogP contribution in [0.1, 0.15) is 10.4 Å². The van der Waals surface area contributed by atoms with Crippen LogP contribution >= 0.6 is 0 Å². The predicted molar refractivity (Wildman–Crippen MR) is 75.4 cm³/mol. The Morgan fingerprint density at radius 2 is 1.68 bits per heavy atom. The quantitative estimate of drug-likeness (QED) is 0.436. The fraction of sp³-hybridized carbons (Fsp3) is 0. The molecular weight excluding hydrogens is 310 g/mol. The Balaban J connectivity index is 2.49. The van der Waals surface area contributed by atoms with E-state index in [0.29, 0.717) is 6.08 Å². The molecular formula is C14H11NO6S. The van der Waals surface area contributed by atoms with Gasteiger partial charge in [-0.2, -0.15) is 0 Å². The molecule has 1 aromatic heterocycles. The lowest BCUT2D eigenvalue weighted by Crippen LogP contribution is -2.09. The number of H-pyrrole nitrogens is 1. The fourth-order valence-corrected chi connectivity index (χ4v) is 3.18. The summed E-state index contributed by atoms with van der Waals surface area (Å²) in [5.74, 6) is -3.79. The predicted octanol–water partition coefficient (Wildman–Crippen LogP) is 1.56. The number of carbonyl (C=O) groups is 2. The number of rotatable bonds is 5. The Hall–Kier alpha value is -2.87. The van der Waals surface area contributed by atoms with Gasteiger partial charge in [0, 0.05) is 12.3 Å². The zero-order valence-corrected chi connectivity index (χ0v) is 11.9. The molecule has 0 saturated carbocycles. The fourth-order valence-electron chi connectivity index (χ4n) is 1.75. The molecule has 114 valence electrons. The SMILES string of the molecule is O=C(O)/C(O)=C/C(=O)c1cc[nH]c1S(=O)(=O)c1ccccc1. The standard InChI is InChI=1S/C14H11NO6S/c16-11(8-12(17)14(18)19)10-6-7-15-13(10)22(20,21)9-4-2-1-3-5-9/h1-8,15,17H,(H,18,19)/b12-8-. The molecule has 2 aromatic rings. The molecule has 0 aliphatic rings. The Labute approximate surface area is 125 Å². The summed E-state index contributed by atoms with van der Waals surface area (Å²) in [5, 5.41) is 17.3. The second-order valence-corrected chi connectivity index (χ2v) is 6.12. The number of carboxylic acid groups (broad SMARTS) is 1. The largest absolute Gasteiger partial charge is 0.502 e. The van der Waals surface area contributed by atoms with E-state index in [1.54, 1.807) is 6.07 Å². The minimum atomic E-state index is -3.96. The summed E-state index contributed by atoms with van der Waals surface area (Å²) in [6, 6.07) is 8.65. The molecule has 1 aromatic carbocycles. The summed E-state index contributed by atoms with van der Waals surface area (Å²) in [4.78, 5) is 24.9. The van der Waals surface area contributed by atoms with Crippen molar-refractivity contribution < 1.29 is 28.2 Å². The van der Waals surface area contributed by atoms with E-state index >= 15 is 0 Å². The summed E-state index contributed by atoms with van der Waals surface area (Å²) in [6.45, 7) is 0. The number of nitrogens with one attached hydrogen (secondary N) is 1. The molecule has 0 fully saturated rings. The van der Waals surface area contributed by atoms with Gasteiger partial charge in [-0.05, 0) is 18.2 Å². The second-order valence-electron chi connectivity index (χ2n) is 4.24. The van der Waals surface area contributed by atoms with Crippen molar-refractivity contribution in [3.8, 4) is 0 Å². The van der Waals surface area contributed by atoms with Crippen LogP contribution < -0.4 is 0 Å². The van der Waals surface area contributed by atoms with Crippen molar-refractivity contribution in [1.29, 1.82) is 0 Å². The van der Waals surface area contributed by atoms with Crippen molar-refractivity contribution >= 4 is 21.6 Å². The Morgan fingerprint density at radius 1 is 1.05 bits per heavy atom. The molecule has 22 heavy (non-hydrogen) atoms. The summed E-state index contributed by atoms with van der Waals surface area (Å²) in [5.41, 5.74) is -0.253. The first-order valence-corrected chi connectivity index (χ1v) is 7.48. The van der Waals surface area contributed by atoms with E-state index in [1.165, 1.54) is 36.5 Å². The number of sulfone groups is 1. The first kappa shape index (κ1) is 15.5. The van der Waals surface area contributed by atoms with Gasteiger partial charge in [-0.1, -0.05) is 18.2 Å². The van der Waals surface area contributed by atoms with Crippen molar-refractivity contribution in [2.24, 2.45) is 0 Å². The molecule has 0 bridgehead atoms. The van der Waals surface area contributed by atoms with Gasteiger partial charge in [0.15, 0.2) is 5.78 Å². The van der Waals surface area contributed by atoms with Crippen LogP contribution in [0.4, 0.5) is 0 Å². The van der Waals surface area contributed by atoms with Gasteiger partial charge < -0.3 is 15.2 Å². The van der Waals surface area contributed by atoms with Gasteiger partial charge in [0.2, 0.25) is 15.6 Å². The van der Waals surface area contributed by atoms with E-state index in [0.717, 1.165) is 0 Å². The molecule has 0 saturated heterocycles. The number of aliphatic carboxylic acids is 1. The number of ketones is 1. The van der Waals surface area contributed by atoms with Crippen LogP contribution in [0.15, 0.2) is 64.4 Å². The molecule has 0 aliphatic heterocycles. The Morgan fingerprint density at radius 3 is 2.27 bits per heavy atom. The van der Waals surface area contributed by atoms with Crippen molar-refractivity contribution in [3.63, 3.8) is 0 Å². The molecule has 2 rings (SSSR count). The van der Waals surface area contributed by atoms with Crippen molar-refractivity contribution in [1.82, 2.24) is 4.98 Å². The summed E-state index contributed by atoms with van der Waals surface area (Å²) < 4.78 is 24.9. The van der Waals surface area contributed by atoms with Gasteiger partial charge >= 0.3 is 5.97 Å². The van der Waals surface area contributed by atoms with E-state index in [1.807, 2.05) is 0 Å². The maximum Gasteiger partial charge on any atom is 0.371 e. The van der Waals surface area contributed by atoms with Gasteiger partial charge in [-0.3, -0.25) is 4.79 Å². The van der Waals surface area contributed by atoms with E-state index < -0.39 is 27.3 Å². The number of carbonyl (C=O) groups excluding carboxylic acids is 1. The number of aromatic nitrogens is 1. The highest BCUT2D eigenvalue weighted by molar-refractivity contribution is 7.91. The van der Waals surface area contributed by atoms with Crippen LogP contribution in [0.5, 0.6) is 0 Å². The van der Waals surface area contributed by atoms with Crippen molar-refractivity contribution in [2.75, 3.05) is 0 Å². The highest BCUT2D eigenvalue weighted by Gasteiger charge is 2.25. The van der Waals surface area contributed by atoms with Crippen molar-refractivity contribution in [2.45, 2.75) is 9.92 Å². The Bertz CT molecular complexity index is 848. The number of carboxylic acids is 1. The monoisotopic (exact) mass is 321 g/mol. The van der Waals surface area contributed by atoms with E-state index in [9.17, 15) is 18.0 Å². The third-order valence-corrected chi connectivity index (χ3v) is 4.55. The smallest absolute Gasteiger partial charge is 0.371 e. The van der Waals surface area contributed by atoms with Crippen LogP contribution in [-0.2, 0) is 14.6 Å². The summed E-state index contributed by atoms with van der Waals surface area (Å²) in [6.07, 6.45) is 1.70. The van der Waals surface area contributed by atoms with E-state index in [2.05, 4.69) is 4.98 Å². The van der Waals surface area contributed by atoms with Crippen LogP contribution in [0.2, 0.25) is 0 Å². The summed E-state index contributed by atoms with van der Waals surface area (Å²) in [7, 11) is -3.96. The van der Waals surface area contributed by atoms with Gasteiger partial charge in [0.1, 0.15) is 5.03 Å². The van der Waals surface area contributed by atoms with Crippen LogP contribution in [0.25, 0.3) is 0 Å². The summed E-state index contributed by atoms with van der Waals surface area (Å²) >= 11 is 0. The van der Waals surface area contributed by atoms with Crippen LogP contribution in [0.3, 0.4) is 0 Å². The number of benzene rings is 1. The molecule has 7 nitrogen and oxygen atoms in total. The van der Waals surface area contributed by atoms with E-state index in [-0.39, 0.29) is 15.5 Å². The van der Waals surface area contributed by atoms with Gasteiger partial charge in [0.05, 0.1) is 10.5 Å². The maximum absolute atomic E-state index is 12.5. The molecule has 0 radical (unpaired) electrons. The second kappa shape index (κ2) is 5.86.